The van der Waals surface area contributed by atoms with Crippen LogP contribution in [0.1, 0.15) is 13.3 Å². The van der Waals surface area contributed by atoms with E-state index in [-0.39, 0.29) is 6.61 Å². The number of aliphatic hydroxyl groups is 1. The highest BCUT2D eigenvalue weighted by atomic mass is 16.5. The smallest absolute Gasteiger partial charge is 0.119 e. The number of nitrogens with two attached hydrogens (primary N) is 1. The summed E-state index contributed by atoms with van der Waals surface area (Å²) in [7, 11) is 0. The highest BCUT2D eigenvalue weighted by Crippen LogP contribution is 2.08. The van der Waals surface area contributed by atoms with Crippen LogP contribution in [0.25, 0.3) is 0 Å². The Kier molecular flexibility index (Phi) is 5.97. The van der Waals surface area contributed by atoms with Crippen LogP contribution in [0.15, 0.2) is 30.3 Å². The fourth-order valence-corrected chi connectivity index (χ4v) is 1.22. The van der Waals surface area contributed by atoms with Crippen LogP contribution >= 0.6 is 0 Å². The van der Waals surface area contributed by atoms with Crippen LogP contribution in [-0.4, -0.2) is 37.1 Å². The second-order valence-corrected chi connectivity index (χ2v) is 4.34. The van der Waals surface area contributed by atoms with Gasteiger partial charge in [-0.15, -0.1) is 0 Å². The lowest BCUT2D eigenvalue weighted by Gasteiger charge is -2.21. The van der Waals surface area contributed by atoms with E-state index in [1.807, 2.05) is 30.3 Å². The molecule has 0 saturated carbocycles. The van der Waals surface area contributed by atoms with Gasteiger partial charge in [0.25, 0.3) is 0 Å². The summed E-state index contributed by atoms with van der Waals surface area (Å²) in [5.41, 5.74) is 5.21. The van der Waals surface area contributed by atoms with Crippen molar-refractivity contribution in [1.29, 1.82) is 0 Å². The third-order valence-corrected chi connectivity index (χ3v) is 2.42. The zero-order chi connectivity index (χ0) is 12.6. The summed E-state index contributed by atoms with van der Waals surface area (Å²) in [4.78, 5) is 0. The first kappa shape index (κ1) is 14.0. The van der Waals surface area contributed by atoms with Crippen LogP contribution < -0.4 is 10.5 Å². The monoisotopic (exact) mass is 239 g/mol. The average molecular weight is 239 g/mol. The van der Waals surface area contributed by atoms with Gasteiger partial charge in [-0.25, -0.2) is 0 Å². The molecule has 4 nitrogen and oxygen atoms in total. The maximum atomic E-state index is 8.94. The first-order valence-corrected chi connectivity index (χ1v) is 5.79. The normalized spacial score (nSPS) is 14.3. The minimum atomic E-state index is -0.555. The largest absolute Gasteiger partial charge is 0.491 e. The summed E-state index contributed by atoms with van der Waals surface area (Å²) >= 11 is 0. The van der Waals surface area contributed by atoms with E-state index in [9.17, 15) is 0 Å². The van der Waals surface area contributed by atoms with E-state index in [1.165, 1.54) is 0 Å². The summed E-state index contributed by atoms with van der Waals surface area (Å²) in [6.45, 7) is 3.35. The van der Waals surface area contributed by atoms with E-state index in [1.54, 1.807) is 6.92 Å². The lowest BCUT2D eigenvalue weighted by atomic mass is 10.0. The van der Waals surface area contributed by atoms with Crippen molar-refractivity contribution in [2.24, 2.45) is 5.73 Å². The molecule has 1 atom stereocenters. The lowest BCUT2D eigenvalue weighted by molar-refractivity contribution is 0.0780. The van der Waals surface area contributed by atoms with E-state index in [2.05, 4.69) is 0 Å². The van der Waals surface area contributed by atoms with Crippen LogP contribution in [0.3, 0.4) is 0 Å². The van der Waals surface area contributed by atoms with Gasteiger partial charge in [-0.1, -0.05) is 18.2 Å². The molecule has 0 bridgehead atoms. The van der Waals surface area contributed by atoms with Gasteiger partial charge in [-0.05, 0) is 25.5 Å². The molecule has 1 rings (SSSR count). The Morgan fingerprint density at radius 3 is 2.53 bits per heavy atom. The zero-order valence-corrected chi connectivity index (χ0v) is 10.3. The fourth-order valence-electron chi connectivity index (χ4n) is 1.22. The second-order valence-electron chi connectivity index (χ2n) is 4.34. The Morgan fingerprint density at radius 1 is 1.18 bits per heavy atom. The van der Waals surface area contributed by atoms with E-state index < -0.39 is 5.54 Å². The summed E-state index contributed by atoms with van der Waals surface area (Å²) < 4.78 is 10.8. The summed E-state index contributed by atoms with van der Waals surface area (Å²) in [5.74, 6) is 0.843. The van der Waals surface area contributed by atoms with Crippen LogP contribution in [0, 0.1) is 0 Å². The van der Waals surface area contributed by atoms with Crippen molar-refractivity contribution in [3.63, 3.8) is 0 Å². The van der Waals surface area contributed by atoms with Gasteiger partial charge in [0.2, 0.25) is 0 Å². The first-order valence-electron chi connectivity index (χ1n) is 5.79. The summed E-state index contributed by atoms with van der Waals surface area (Å²) in [6.07, 6.45) is 0.634. The maximum absolute atomic E-state index is 8.94. The average Bonchev–Trinajstić information content (AvgIpc) is 2.35. The topological polar surface area (TPSA) is 64.7 Å². The van der Waals surface area contributed by atoms with Crippen molar-refractivity contribution < 1.29 is 14.6 Å². The number of para-hydroxylation sites is 1. The number of hydrogen-bond donors (Lipinski definition) is 2. The Hall–Kier alpha value is -1.10. The predicted molar refractivity (Wildman–Crippen MR) is 67.1 cm³/mol. The number of aliphatic hydroxyl groups excluding tert-OH is 1. The Labute approximate surface area is 102 Å². The van der Waals surface area contributed by atoms with E-state index in [0.717, 1.165) is 5.75 Å². The number of benzene rings is 1. The molecule has 3 N–H and O–H groups in total. The SMILES string of the molecule is CC(N)(CO)CCOCCOc1ccccc1. The molecule has 0 radical (unpaired) electrons. The van der Waals surface area contributed by atoms with Crippen LogP contribution in [-0.2, 0) is 4.74 Å². The van der Waals surface area contributed by atoms with Crippen LogP contribution in [0.4, 0.5) is 0 Å². The number of hydrogen-bond acceptors (Lipinski definition) is 4. The van der Waals surface area contributed by atoms with E-state index in [0.29, 0.717) is 26.2 Å². The highest BCUT2D eigenvalue weighted by Gasteiger charge is 2.15. The first-order chi connectivity index (χ1) is 8.14. The molecular formula is C13H21NO3. The van der Waals surface area contributed by atoms with Crippen LogP contribution in [0.5, 0.6) is 5.75 Å². The maximum Gasteiger partial charge on any atom is 0.119 e. The summed E-state index contributed by atoms with van der Waals surface area (Å²) in [5, 5.41) is 8.94. The minimum absolute atomic E-state index is 0.0309. The van der Waals surface area contributed by atoms with Crippen molar-refractivity contribution >= 4 is 0 Å². The standard InChI is InChI=1S/C13H21NO3/c1-13(14,11-15)7-8-16-9-10-17-12-5-3-2-4-6-12/h2-6,15H,7-11,14H2,1H3. The molecule has 0 amide bonds. The third kappa shape index (κ3) is 6.26. The van der Waals surface area contributed by atoms with Gasteiger partial charge >= 0.3 is 0 Å². The molecule has 0 heterocycles. The molecule has 0 saturated heterocycles. The molecule has 1 unspecified atom stereocenters. The Morgan fingerprint density at radius 2 is 1.88 bits per heavy atom. The van der Waals surface area contributed by atoms with Crippen molar-refractivity contribution in [2.45, 2.75) is 18.9 Å². The van der Waals surface area contributed by atoms with Gasteiger partial charge in [0.1, 0.15) is 12.4 Å². The van der Waals surface area contributed by atoms with Gasteiger partial charge in [0.05, 0.1) is 13.2 Å². The molecule has 1 aromatic rings. The van der Waals surface area contributed by atoms with Gasteiger partial charge < -0.3 is 20.3 Å². The molecule has 1 aromatic carbocycles. The molecule has 0 aliphatic rings. The zero-order valence-electron chi connectivity index (χ0n) is 10.3. The Bertz CT molecular complexity index is 301. The molecule has 17 heavy (non-hydrogen) atoms. The third-order valence-electron chi connectivity index (χ3n) is 2.42. The van der Waals surface area contributed by atoms with Crippen molar-refractivity contribution in [3.8, 4) is 5.75 Å². The van der Waals surface area contributed by atoms with Crippen LogP contribution in [0.2, 0.25) is 0 Å². The second kappa shape index (κ2) is 7.27. The van der Waals surface area contributed by atoms with Crippen molar-refractivity contribution in [3.05, 3.63) is 30.3 Å². The highest BCUT2D eigenvalue weighted by molar-refractivity contribution is 5.20. The van der Waals surface area contributed by atoms with Gasteiger partial charge in [0, 0.05) is 12.1 Å². The Balaban J connectivity index is 2.02. The van der Waals surface area contributed by atoms with E-state index in [4.69, 9.17) is 20.3 Å². The van der Waals surface area contributed by atoms with Gasteiger partial charge in [-0.3, -0.25) is 0 Å². The van der Waals surface area contributed by atoms with Crippen molar-refractivity contribution in [1.82, 2.24) is 0 Å². The molecule has 0 spiro atoms. The fraction of sp³-hybridized carbons (Fsp3) is 0.538. The quantitative estimate of drug-likeness (QED) is 0.669. The lowest BCUT2D eigenvalue weighted by Crippen LogP contribution is -2.41. The van der Waals surface area contributed by atoms with E-state index >= 15 is 0 Å². The molecule has 0 aliphatic carbocycles. The van der Waals surface area contributed by atoms with Crippen molar-refractivity contribution in [2.75, 3.05) is 26.4 Å². The number of ether oxygens (including phenoxy) is 2. The molecule has 0 aromatic heterocycles. The minimum Gasteiger partial charge on any atom is -0.491 e. The molecular weight excluding hydrogens is 218 g/mol. The van der Waals surface area contributed by atoms with Gasteiger partial charge in [0.15, 0.2) is 0 Å². The van der Waals surface area contributed by atoms with Gasteiger partial charge in [-0.2, -0.15) is 0 Å². The molecule has 96 valence electrons. The number of rotatable bonds is 8. The summed E-state index contributed by atoms with van der Waals surface area (Å²) in [6, 6.07) is 9.61. The molecule has 0 fully saturated rings. The molecule has 4 heteroatoms. The predicted octanol–water partition coefficient (Wildman–Crippen LogP) is 1.18. The molecule has 0 aliphatic heterocycles.